The highest BCUT2D eigenvalue weighted by molar-refractivity contribution is 14.1. The second-order valence-corrected chi connectivity index (χ2v) is 6.32. The van der Waals surface area contributed by atoms with Crippen LogP contribution in [0.1, 0.15) is 30.4 Å². The second-order valence-electron chi connectivity index (χ2n) is 4.35. The van der Waals surface area contributed by atoms with E-state index < -0.39 is 0 Å². The van der Waals surface area contributed by atoms with Crippen LogP contribution in [0.25, 0.3) is 0 Å². The summed E-state index contributed by atoms with van der Waals surface area (Å²) >= 11 is 2.33. The molecule has 1 heterocycles. The standard InChI is InChI=1S/C13H15IO2/c1-8-3-5-10(6-4-8)11-7-12(15)16-13(11)9(2)14/h3-6,9,11,13H,7H2,1-2H3/t9?,11-,13-/m0/s1. The van der Waals surface area contributed by atoms with E-state index in [0.29, 0.717) is 10.3 Å². The van der Waals surface area contributed by atoms with Gasteiger partial charge < -0.3 is 4.74 Å². The maximum atomic E-state index is 11.4. The van der Waals surface area contributed by atoms with Gasteiger partial charge in [0, 0.05) is 9.84 Å². The third kappa shape index (κ3) is 2.39. The smallest absolute Gasteiger partial charge is 0.306 e. The molecule has 0 aliphatic carbocycles. The predicted molar refractivity (Wildman–Crippen MR) is 71.9 cm³/mol. The number of hydrogen-bond donors (Lipinski definition) is 0. The Morgan fingerprint density at radius 3 is 2.56 bits per heavy atom. The Kier molecular flexibility index (Phi) is 3.52. The number of rotatable bonds is 2. The molecule has 2 rings (SSSR count). The number of alkyl halides is 1. The summed E-state index contributed by atoms with van der Waals surface area (Å²) in [4.78, 5) is 11.4. The van der Waals surface area contributed by atoms with Crippen molar-refractivity contribution in [2.24, 2.45) is 0 Å². The van der Waals surface area contributed by atoms with E-state index in [2.05, 4.69) is 60.7 Å². The molecule has 0 bridgehead atoms. The Morgan fingerprint density at radius 1 is 1.38 bits per heavy atom. The van der Waals surface area contributed by atoms with Crippen molar-refractivity contribution < 1.29 is 9.53 Å². The van der Waals surface area contributed by atoms with Crippen molar-refractivity contribution in [2.75, 3.05) is 0 Å². The van der Waals surface area contributed by atoms with Crippen molar-refractivity contribution in [1.82, 2.24) is 0 Å². The Balaban J connectivity index is 2.25. The van der Waals surface area contributed by atoms with Crippen molar-refractivity contribution in [1.29, 1.82) is 0 Å². The van der Waals surface area contributed by atoms with Crippen molar-refractivity contribution in [3.05, 3.63) is 35.4 Å². The van der Waals surface area contributed by atoms with Crippen LogP contribution < -0.4 is 0 Å². The third-order valence-electron chi connectivity index (χ3n) is 3.01. The van der Waals surface area contributed by atoms with Gasteiger partial charge in [0.2, 0.25) is 0 Å². The highest BCUT2D eigenvalue weighted by Gasteiger charge is 2.38. The number of carbonyl (C=O) groups is 1. The van der Waals surface area contributed by atoms with Crippen molar-refractivity contribution in [3.63, 3.8) is 0 Å². The Bertz CT molecular complexity index is 383. The molecule has 0 amide bonds. The van der Waals surface area contributed by atoms with Gasteiger partial charge in [-0.15, -0.1) is 0 Å². The van der Waals surface area contributed by atoms with Gasteiger partial charge >= 0.3 is 5.97 Å². The molecule has 0 aromatic heterocycles. The van der Waals surface area contributed by atoms with Crippen LogP contribution in [0.2, 0.25) is 0 Å². The highest BCUT2D eigenvalue weighted by atomic mass is 127. The van der Waals surface area contributed by atoms with Gasteiger partial charge in [0.25, 0.3) is 0 Å². The first-order chi connectivity index (χ1) is 7.58. The van der Waals surface area contributed by atoms with Gasteiger partial charge in [0.1, 0.15) is 6.10 Å². The quantitative estimate of drug-likeness (QED) is 0.473. The minimum atomic E-state index is -0.0703. The van der Waals surface area contributed by atoms with Crippen molar-refractivity contribution in [3.8, 4) is 0 Å². The number of hydrogen-bond acceptors (Lipinski definition) is 2. The Labute approximate surface area is 110 Å². The topological polar surface area (TPSA) is 26.3 Å². The van der Waals surface area contributed by atoms with Gasteiger partial charge in [-0.1, -0.05) is 52.4 Å². The molecule has 1 unspecified atom stereocenters. The van der Waals surface area contributed by atoms with E-state index in [0.717, 1.165) is 0 Å². The summed E-state index contributed by atoms with van der Waals surface area (Å²) in [5.41, 5.74) is 2.46. The molecule has 86 valence electrons. The fourth-order valence-electron chi connectivity index (χ4n) is 2.11. The van der Waals surface area contributed by atoms with Gasteiger partial charge in [0.15, 0.2) is 0 Å². The average molecular weight is 330 g/mol. The molecule has 0 radical (unpaired) electrons. The number of esters is 1. The SMILES string of the molecule is Cc1ccc([C@@H]2CC(=O)O[C@H]2C(C)I)cc1. The van der Waals surface area contributed by atoms with Crippen LogP contribution in [0, 0.1) is 6.92 Å². The van der Waals surface area contributed by atoms with Crippen LogP contribution in [0.3, 0.4) is 0 Å². The molecule has 0 saturated carbocycles. The minimum absolute atomic E-state index is 0.0239. The number of cyclic esters (lactones) is 1. The molecule has 1 aliphatic rings. The van der Waals surface area contributed by atoms with Gasteiger partial charge in [0.05, 0.1) is 6.42 Å². The third-order valence-corrected chi connectivity index (χ3v) is 3.72. The van der Waals surface area contributed by atoms with Gasteiger partial charge in [-0.25, -0.2) is 0 Å². The van der Waals surface area contributed by atoms with Crippen LogP contribution in [0.15, 0.2) is 24.3 Å². The van der Waals surface area contributed by atoms with E-state index in [9.17, 15) is 4.79 Å². The lowest BCUT2D eigenvalue weighted by Gasteiger charge is -2.20. The number of halogens is 1. The molecule has 3 atom stereocenters. The maximum Gasteiger partial charge on any atom is 0.306 e. The lowest BCUT2D eigenvalue weighted by Crippen LogP contribution is -2.23. The van der Waals surface area contributed by atoms with E-state index in [4.69, 9.17) is 4.74 Å². The molecule has 3 heteroatoms. The van der Waals surface area contributed by atoms with E-state index in [1.54, 1.807) is 0 Å². The lowest BCUT2D eigenvalue weighted by molar-refractivity contribution is -0.141. The van der Waals surface area contributed by atoms with E-state index >= 15 is 0 Å². The number of aryl methyl sites for hydroxylation is 1. The van der Waals surface area contributed by atoms with Crippen molar-refractivity contribution >= 4 is 28.6 Å². The van der Waals surface area contributed by atoms with E-state index in [1.165, 1.54) is 11.1 Å². The van der Waals surface area contributed by atoms with Crippen LogP contribution in [0.5, 0.6) is 0 Å². The normalized spacial score (nSPS) is 26.6. The molecule has 0 spiro atoms. The molecular weight excluding hydrogens is 315 g/mol. The lowest BCUT2D eigenvalue weighted by atomic mass is 9.91. The maximum absolute atomic E-state index is 11.4. The largest absolute Gasteiger partial charge is 0.461 e. The molecule has 1 aliphatic heterocycles. The summed E-state index contributed by atoms with van der Waals surface area (Å²) < 4.78 is 5.72. The summed E-state index contributed by atoms with van der Waals surface area (Å²) in [6.07, 6.45) is 0.539. The fraction of sp³-hybridized carbons (Fsp3) is 0.462. The average Bonchev–Trinajstić information content (AvgIpc) is 2.61. The fourth-order valence-corrected chi connectivity index (χ4v) is 2.76. The monoisotopic (exact) mass is 330 g/mol. The zero-order valence-corrected chi connectivity index (χ0v) is 11.6. The van der Waals surface area contributed by atoms with Gasteiger partial charge in [-0.3, -0.25) is 4.79 Å². The van der Waals surface area contributed by atoms with Gasteiger partial charge in [-0.2, -0.15) is 0 Å². The summed E-state index contributed by atoms with van der Waals surface area (Å²) in [6, 6.07) is 8.39. The van der Waals surface area contributed by atoms with Crippen LogP contribution in [0.4, 0.5) is 0 Å². The van der Waals surface area contributed by atoms with Crippen molar-refractivity contribution in [2.45, 2.75) is 36.2 Å². The molecule has 16 heavy (non-hydrogen) atoms. The van der Waals surface area contributed by atoms with E-state index in [1.807, 2.05) is 0 Å². The number of benzene rings is 1. The molecule has 2 nitrogen and oxygen atoms in total. The first-order valence-corrected chi connectivity index (χ1v) is 6.72. The zero-order chi connectivity index (χ0) is 11.7. The summed E-state index contributed by atoms with van der Waals surface area (Å²) in [5, 5.41) is 0. The van der Waals surface area contributed by atoms with Crippen LogP contribution in [-0.2, 0) is 9.53 Å². The molecule has 1 saturated heterocycles. The predicted octanol–water partition coefficient (Wildman–Crippen LogP) is 3.22. The van der Waals surface area contributed by atoms with E-state index in [-0.39, 0.29) is 18.0 Å². The highest BCUT2D eigenvalue weighted by Crippen LogP contribution is 2.36. The first-order valence-electron chi connectivity index (χ1n) is 5.48. The molecule has 1 aromatic rings. The molecule has 0 N–H and O–H groups in total. The van der Waals surface area contributed by atoms with Gasteiger partial charge in [-0.05, 0) is 19.4 Å². The Hall–Kier alpha value is -0.580. The number of carbonyl (C=O) groups excluding carboxylic acids is 1. The van der Waals surface area contributed by atoms with Crippen LogP contribution in [-0.4, -0.2) is 16.0 Å². The number of ether oxygens (including phenoxy) is 1. The Morgan fingerprint density at radius 2 is 2.00 bits per heavy atom. The second kappa shape index (κ2) is 4.73. The molecule has 1 fully saturated rings. The van der Waals surface area contributed by atoms with Crippen LogP contribution >= 0.6 is 22.6 Å². The minimum Gasteiger partial charge on any atom is -0.461 e. The first kappa shape index (κ1) is 11.9. The zero-order valence-electron chi connectivity index (χ0n) is 9.44. The molecular formula is C13H15IO2. The molecule has 1 aromatic carbocycles. The summed E-state index contributed by atoms with van der Waals surface area (Å²) in [6.45, 7) is 4.16. The summed E-state index contributed by atoms with van der Waals surface area (Å²) in [5.74, 6) is 0.152. The summed E-state index contributed by atoms with van der Waals surface area (Å²) in [7, 11) is 0.